The number of aromatic nitrogens is 1. The van der Waals surface area contributed by atoms with E-state index in [1.165, 1.54) is 16.2 Å². The van der Waals surface area contributed by atoms with Crippen LogP contribution >= 0.6 is 23.1 Å². The largest absolute Gasteiger partial charge is 0.481 e. The number of nitrogens with zero attached hydrogens (tertiary/aromatic N) is 3. The van der Waals surface area contributed by atoms with Gasteiger partial charge in [-0.15, -0.1) is 11.3 Å². The number of carbonyl (C=O) groups excluding carboxylic acids is 1. The lowest BCUT2D eigenvalue weighted by Gasteiger charge is -2.12. The van der Waals surface area contributed by atoms with E-state index in [0.29, 0.717) is 16.0 Å². The second-order valence-corrected chi connectivity index (χ2v) is 8.50. The lowest BCUT2D eigenvalue weighted by molar-refractivity contribution is -0.138. The molecule has 1 amide bonds. The van der Waals surface area contributed by atoms with Crippen LogP contribution in [0, 0.1) is 6.92 Å². The molecule has 0 radical (unpaired) electrons. The van der Waals surface area contributed by atoms with Crippen LogP contribution in [0.5, 0.6) is 0 Å². The number of carbonyl (C=O) groups is 2. The minimum atomic E-state index is -1.02. The summed E-state index contributed by atoms with van der Waals surface area (Å²) in [4.78, 5) is 34.8. The zero-order chi connectivity index (χ0) is 20.4. The lowest BCUT2D eigenvalue weighted by atomic mass is 10.1. The third-order valence-corrected chi connectivity index (χ3v) is 6.27. The van der Waals surface area contributed by atoms with Gasteiger partial charge in [0.1, 0.15) is 5.25 Å². The molecule has 2 heterocycles. The third kappa shape index (κ3) is 4.23. The summed E-state index contributed by atoms with van der Waals surface area (Å²) in [6.45, 7) is 2.02. The Morgan fingerprint density at radius 3 is 2.59 bits per heavy atom. The number of amidine groups is 1. The van der Waals surface area contributed by atoms with Gasteiger partial charge in [-0.3, -0.25) is 9.59 Å². The number of carboxylic acid groups (broad SMARTS) is 1. The summed E-state index contributed by atoms with van der Waals surface area (Å²) >= 11 is 2.50. The molecule has 29 heavy (non-hydrogen) atoms. The molecule has 1 aliphatic heterocycles. The van der Waals surface area contributed by atoms with Crippen LogP contribution in [0.3, 0.4) is 0 Å². The predicted molar refractivity (Wildman–Crippen MR) is 117 cm³/mol. The third-order valence-electron chi connectivity index (χ3n) is 4.31. The van der Waals surface area contributed by atoms with Crippen LogP contribution in [0.4, 0.5) is 10.8 Å². The fourth-order valence-electron chi connectivity index (χ4n) is 2.85. The second-order valence-electron chi connectivity index (χ2n) is 6.49. The molecule has 0 bridgehead atoms. The molecule has 1 unspecified atom stereocenters. The van der Waals surface area contributed by atoms with E-state index in [9.17, 15) is 9.59 Å². The van der Waals surface area contributed by atoms with Crippen LogP contribution in [0.25, 0.3) is 11.3 Å². The highest BCUT2D eigenvalue weighted by Crippen LogP contribution is 2.37. The Morgan fingerprint density at radius 2 is 1.90 bits per heavy atom. The van der Waals surface area contributed by atoms with Crippen molar-refractivity contribution < 1.29 is 14.7 Å². The van der Waals surface area contributed by atoms with Gasteiger partial charge < -0.3 is 5.11 Å². The summed E-state index contributed by atoms with van der Waals surface area (Å²) in [6.07, 6.45) is -0.260. The van der Waals surface area contributed by atoms with Gasteiger partial charge in [-0.05, 0) is 19.1 Å². The Bertz CT molecular complexity index is 1080. The zero-order valence-electron chi connectivity index (χ0n) is 15.5. The molecule has 1 atom stereocenters. The van der Waals surface area contributed by atoms with Gasteiger partial charge in [0.25, 0.3) is 0 Å². The van der Waals surface area contributed by atoms with Crippen molar-refractivity contribution >= 4 is 51.0 Å². The first kappa shape index (κ1) is 19.4. The number of carboxylic acids is 1. The topological polar surface area (TPSA) is 82.9 Å². The van der Waals surface area contributed by atoms with Crippen molar-refractivity contribution in [3.05, 3.63) is 65.5 Å². The molecule has 8 heteroatoms. The van der Waals surface area contributed by atoms with E-state index >= 15 is 0 Å². The standard InChI is InChI=1S/C21H17N3O3S2/c1-13-7-9-14(10-8-13)16-12-28-20(23-16)24-19(27)17(11-18(25)26)29-21(24)22-15-5-3-2-4-6-15/h2-10,12,17H,11H2,1H3,(H,25,26). The molecule has 4 rings (SSSR count). The van der Waals surface area contributed by atoms with Crippen molar-refractivity contribution in [2.45, 2.75) is 18.6 Å². The number of aliphatic imine (C=N–C) groups is 1. The smallest absolute Gasteiger partial charge is 0.305 e. The first-order valence-corrected chi connectivity index (χ1v) is 10.7. The van der Waals surface area contributed by atoms with E-state index in [2.05, 4.69) is 9.98 Å². The van der Waals surface area contributed by atoms with Gasteiger partial charge in [-0.2, -0.15) is 0 Å². The lowest BCUT2D eigenvalue weighted by Crippen LogP contribution is -2.32. The molecular weight excluding hydrogens is 406 g/mol. The van der Waals surface area contributed by atoms with Crippen molar-refractivity contribution in [3.63, 3.8) is 0 Å². The van der Waals surface area contributed by atoms with Gasteiger partial charge in [0.05, 0.1) is 17.8 Å². The summed E-state index contributed by atoms with van der Waals surface area (Å²) in [7, 11) is 0. The van der Waals surface area contributed by atoms with Crippen LogP contribution in [0.15, 0.2) is 65.0 Å². The summed E-state index contributed by atoms with van der Waals surface area (Å²) in [5.74, 6) is -1.33. The fraction of sp³-hybridized carbons (Fsp3) is 0.143. The molecule has 1 aromatic heterocycles. The maximum Gasteiger partial charge on any atom is 0.305 e. The van der Waals surface area contributed by atoms with E-state index in [-0.39, 0.29) is 12.3 Å². The van der Waals surface area contributed by atoms with E-state index in [1.807, 2.05) is 66.9 Å². The predicted octanol–water partition coefficient (Wildman–Crippen LogP) is 4.73. The van der Waals surface area contributed by atoms with Crippen LogP contribution < -0.4 is 4.90 Å². The Morgan fingerprint density at radius 1 is 1.17 bits per heavy atom. The summed E-state index contributed by atoms with van der Waals surface area (Å²) in [6, 6.07) is 17.3. The molecule has 146 valence electrons. The SMILES string of the molecule is Cc1ccc(-c2csc(N3C(=O)C(CC(=O)O)SC3=Nc3ccccc3)n2)cc1. The molecule has 6 nitrogen and oxygen atoms in total. The number of para-hydroxylation sites is 1. The van der Waals surface area contributed by atoms with E-state index < -0.39 is 11.2 Å². The molecule has 0 saturated carbocycles. The number of aryl methyl sites for hydroxylation is 1. The number of amides is 1. The Kier molecular flexibility index (Phi) is 5.46. The van der Waals surface area contributed by atoms with Crippen molar-refractivity contribution in [3.8, 4) is 11.3 Å². The molecule has 1 aliphatic rings. The minimum Gasteiger partial charge on any atom is -0.481 e. The Hall–Kier alpha value is -2.97. The highest BCUT2D eigenvalue weighted by molar-refractivity contribution is 8.16. The number of anilines is 1. The molecule has 0 spiro atoms. The minimum absolute atomic E-state index is 0.260. The number of rotatable bonds is 5. The van der Waals surface area contributed by atoms with Gasteiger partial charge >= 0.3 is 5.97 Å². The van der Waals surface area contributed by atoms with Gasteiger partial charge in [-0.25, -0.2) is 14.9 Å². The number of hydrogen-bond donors (Lipinski definition) is 1. The maximum atomic E-state index is 13.0. The molecular formula is C21H17N3O3S2. The quantitative estimate of drug-likeness (QED) is 0.641. The second kappa shape index (κ2) is 8.18. The first-order chi connectivity index (χ1) is 14.0. The van der Waals surface area contributed by atoms with Gasteiger partial charge in [0.2, 0.25) is 5.91 Å². The first-order valence-electron chi connectivity index (χ1n) is 8.90. The molecule has 1 N–H and O–H groups in total. The normalized spacial score (nSPS) is 17.8. The number of thiazole rings is 1. The van der Waals surface area contributed by atoms with Crippen LogP contribution in [0.2, 0.25) is 0 Å². The summed E-state index contributed by atoms with van der Waals surface area (Å²) in [5.41, 5.74) is 3.58. The zero-order valence-corrected chi connectivity index (χ0v) is 17.1. The van der Waals surface area contributed by atoms with Crippen molar-refractivity contribution in [2.75, 3.05) is 4.90 Å². The fourth-order valence-corrected chi connectivity index (χ4v) is 4.87. The Labute approximate surface area is 175 Å². The summed E-state index contributed by atoms with van der Waals surface area (Å²) in [5, 5.41) is 11.3. The monoisotopic (exact) mass is 423 g/mol. The molecule has 0 aliphatic carbocycles. The van der Waals surface area contributed by atoms with Crippen molar-refractivity contribution in [1.82, 2.24) is 4.98 Å². The van der Waals surface area contributed by atoms with Crippen molar-refractivity contribution in [2.24, 2.45) is 4.99 Å². The number of hydrogen-bond acceptors (Lipinski definition) is 6. The average molecular weight is 424 g/mol. The highest BCUT2D eigenvalue weighted by atomic mass is 32.2. The number of thioether (sulfide) groups is 1. The molecule has 2 aromatic carbocycles. The number of benzene rings is 2. The van der Waals surface area contributed by atoms with E-state index in [1.54, 1.807) is 0 Å². The van der Waals surface area contributed by atoms with E-state index in [4.69, 9.17) is 5.11 Å². The average Bonchev–Trinajstić information content (AvgIpc) is 3.28. The van der Waals surface area contributed by atoms with E-state index in [0.717, 1.165) is 28.6 Å². The molecule has 1 fully saturated rings. The van der Waals surface area contributed by atoms with Gasteiger partial charge in [0.15, 0.2) is 10.3 Å². The van der Waals surface area contributed by atoms with Crippen LogP contribution in [0.1, 0.15) is 12.0 Å². The van der Waals surface area contributed by atoms with Gasteiger partial charge in [-0.1, -0.05) is 59.8 Å². The van der Waals surface area contributed by atoms with Crippen LogP contribution in [-0.4, -0.2) is 32.4 Å². The number of aliphatic carboxylic acids is 1. The highest BCUT2D eigenvalue weighted by Gasteiger charge is 2.41. The van der Waals surface area contributed by atoms with Crippen LogP contribution in [-0.2, 0) is 9.59 Å². The van der Waals surface area contributed by atoms with Gasteiger partial charge in [0, 0.05) is 10.9 Å². The summed E-state index contributed by atoms with van der Waals surface area (Å²) < 4.78 is 0. The maximum absolute atomic E-state index is 13.0. The van der Waals surface area contributed by atoms with Crippen molar-refractivity contribution in [1.29, 1.82) is 0 Å². The molecule has 1 saturated heterocycles. The Balaban J connectivity index is 1.70. The molecule has 3 aromatic rings.